The Morgan fingerprint density at radius 2 is 1.79 bits per heavy atom. The summed E-state index contributed by atoms with van der Waals surface area (Å²) in [6.45, 7) is 0. The number of nitrogens with one attached hydrogen (secondary N) is 1. The van der Waals surface area contributed by atoms with E-state index < -0.39 is 0 Å². The van der Waals surface area contributed by atoms with Gasteiger partial charge >= 0.3 is 0 Å². The first kappa shape index (κ1) is 11.5. The lowest BCUT2D eigenvalue weighted by atomic mass is 10.1. The Hall–Kier alpha value is -2.55. The van der Waals surface area contributed by atoms with E-state index in [4.69, 9.17) is 4.74 Å². The van der Waals surface area contributed by atoms with E-state index in [-0.39, 0.29) is 0 Å². The molecule has 19 heavy (non-hydrogen) atoms. The molecule has 0 aliphatic carbocycles. The quantitative estimate of drug-likeness (QED) is 0.763. The number of hydrogen-bond acceptors (Lipinski definition) is 3. The van der Waals surface area contributed by atoms with Gasteiger partial charge in [-0.1, -0.05) is 6.07 Å². The smallest absolute Gasteiger partial charge is 0.119 e. The predicted molar refractivity (Wildman–Crippen MR) is 78.0 cm³/mol. The van der Waals surface area contributed by atoms with Crippen LogP contribution in [0.2, 0.25) is 0 Å². The zero-order chi connectivity index (χ0) is 13.1. The highest BCUT2D eigenvalue weighted by atomic mass is 16.5. The summed E-state index contributed by atoms with van der Waals surface area (Å²) in [7, 11) is 1.67. The van der Waals surface area contributed by atoms with Crippen molar-refractivity contribution < 1.29 is 4.74 Å². The first-order valence-electron chi connectivity index (χ1n) is 6.11. The van der Waals surface area contributed by atoms with Crippen molar-refractivity contribution in [2.75, 3.05) is 12.4 Å². The SMILES string of the molecule is COc1ccc(Nc2cccc3ncccc23)cc1. The highest BCUT2D eigenvalue weighted by Crippen LogP contribution is 2.25. The van der Waals surface area contributed by atoms with Crippen molar-refractivity contribution in [1.29, 1.82) is 0 Å². The van der Waals surface area contributed by atoms with Crippen molar-refractivity contribution in [2.24, 2.45) is 0 Å². The van der Waals surface area contributed by atoms with E-state index in [1.165, 1.54) is 0 Å². The molecular weight excluding hydrogens is 236 g/mol. The van der Waals surface area contributed by atoms with Gasteiger partial charge in [0.15, 0.2) is 0 Å². The summed E-state index contributed by atoms with van der Waals surface area (Å²) >= 11 is 0. The normalized spacial score (nSPS) is 10.4. The maximum atomic E-state index is 5.15. The van der Waals surface area contributed by atoms with Crippen LogP contribution in [-0.4, -0.2) is 12.1 Å². The van der Waals surface area contributed by atoms with E-state index in [0.717, 1.165) is 28.0 Å². The van der Waals surface area contributed by atoms with Crippen molar-refractivity contribution in [3.05, 3.63) is 60.8 Å². The van der Waals surface area contributed by atoms with Crippen molar-refractivity contribution in [1.82, 2.24) is 4.98 Å². The van der Waals surface area contributed by atoms with Gasteiger partial charge in [-0.05, 0) is 48.5 Å². The lowest BCUT2D eigenvalue weighted by Crippen LogP contribution is -1.92. The zero-order valence-corrected chi connectivity index (χ0v) is 10.6. The molecule has 0 saturated heterocycles. The van der Waals surface area contributed by atoms with Gasteiger partial charge in [-0.15, -0.1) is 0 Å². The highest BCUT2D eigenvalue weighted by Gasteiger charge is 2.01. The summed E-state index contributed by atoms with van der Waals surface area (Å²) in [4.78, 5) is 4.35. The standard InChI is InChI=1S/C16H14N2O/c1-19-13-9-7-12(8-10-13)18-16-6-2-5-15-14(16)4-3-11-17-15/h2-11,18H,1H3. The van der Waals surface area contributed by atoms with Gasteiger partial charge in [-0.2, -0.15) is 0 Å². The molecular formula is C16H14N2O. The van der Waals surface area contributed by atoms with Crippen LogP contribution in [0.1, 0.15) is 0 Å². The number of fused-ring (bicyclic) bond motifs is 1. The van der Waals surface area contributed by atoms with Crippen molar-refractivity contribution in [3.63, 3.8) is 0 Å². The molecule has 2 aromatic carbocycles. The number of methoxy groups -OCH3 is 1. The summed E-state index contributed by atoms with van der Waals surface area (Å²) in [6.07, 6.45) is 1.81. The second-order valence-electron chi connectivity index (χ2n) is 4.23. The minimum absolute atomic E-state index is 0.852. The van der Waals surface area contributed by atoms with Crippen LogP contribution in [0.4, 0.5) is 11.4 Å². The molecule has 3 rings (SSSR count). The van der Waals surface area contributed by atoms with E-state index >= 15 is 0 Å². The van der Waals surface area contributed by atoms with Gasteiger partial charge in [0.25, 0.3) is 0 Å². The Bertz CT molecular complexity index is 687. The molecule has 3 nitrogen and oxygen atoms in total. The third kappa shape index (κ3) is 2.36. The molecule has 0 spiro atoms. The fourth-order valence-electron chi connectivity index (χ4n) is 2.04. The molecule has 94 valence electrons. The van der Waals surface area contributed by atoms with Gasteiger partial charge in [-0.3, -0.25) is 4.98 Å². The Morgan fingerprint density at radius 1 is 0.947 bits per heavy atom. The summed E-state index contributed by atoms with van der Waals surface area (Å²) in [5.74, 6) is 0.852. The minimum atomic E-state index is 0.852. The van der Waals surface area contributed by atoms with Gasteiger partial charge < -0.3 is 10.1 Å². The molecule has 3 aromatic rings. The lowest BCUT2D eigenvalue weighted by Gasteiger charge is -2.09. The Labute approximate surface area is 111 Å². The average molecular weight is 250 g/mol. The molecule has 0 amide bonds. The fourth-order valence-corrected chi connectivity index (χ4v) is 2.04. The molecule has 0 radical (unpaired) electrons. The van der Waals surface area contributed by atoms with Gasteiger partial charge in [0.05, 0.1) is 12.6 Å². The number of ether oxygens (including phenoxy) is 1. The fraction of sp³-hybridized carbons (Fsp3) is 0.0625. The molecule has 0 aliphatic rings. The first-order valence-corrected chi connectivity index (χ1v) is 6.11. The minimum Gasteiger partial charge on any atom is -0.497 e. The second kappa shape index (κ2) is 4.98. The number of pyridine rings is 1. The molecule has 1 aromatic heterocycles. The van der Waals surface area contributed by atoms with Crippen molar-refractivity contribution in [3.8, 4) is 5.75 Å². The van der Waals surface area contributed by atoms with Crippen LogP contribution in [0.15, 0.2) is 60.8 Å². The summed E-state index contributed by atoms with van der Waals surface area (Å²) in [5.41, 5.74) is 3.06. The van der Waals surface area contributed by atoms with Crippen LogP contribution >= 0.6 is 0 Å². The summed E-state index contributed by atoms with van der Waals surface area (Å²) in [5, 5.41) is 4.51. The Morgan fingerprint density at radius 3 is 2.58 bits per heavy atom. The van der Waals surface area contributed by atoms with Crippen molar-refractivity contribution >= 4 is 22.3 Å². The van der Waals surface area contributed by atoms with E-state index in [1.807, 2.05) is 48.5 Å². The van der Waals surface area contributed by atoms with Crippen LogP contribution in [0.5, 0.6) is 5.75 Å². The van der Waals surface area contributed by atoms with Gasteiger partial charge in [0.2, 0.25) is 0 Å². The highest BCUT2D eigenvalue weighted by molar-refractivity contribution is 5.92. The number of aromatic nitrogens is 1. The maximum absolute atomic E-state index is 5.15. The molecule has 1 N–H and O–H groups in total. The second-order valence-corrected chi connectivity index (χ2v) is 4.23. The molecule has 3 heteroatoms. The molecule has 0 fully saturated rings. The summed E-state index contributed by atoms with van der Waals surface area (Å²) < 4.78 is 5.15. The Balaban J connectivity index is 1.96. The van der Waals surface area contributed by atoms with Crippen molar-refractivity contribution in [2.45, 2.75) is 0 Å². The van der Waals surface area contributed by atoms with Crippen LogP contribution in [0.25, 0.3) is 10.9 Å². The first-order chi connectivity index (χ1) is 9.36. The van der Waals surface area contributed by atoms with Crippen LogP contribution < -0.4 is 10.1 Å². The van der Waals surface area contributed by atoms with Crippen LogP contribution in [0.3, 0.4) is 0 Å². The summed E-state index contributed by atoms with van der Waals surface area (Å²) in [6, 6.07) is 17.9. The van der Waals surface area contributed by atoms with Gasteiger partial charge in [0.1, 0.15) is 5.75 Å². The molecule has 1 heterocycles. The number of hydrogen-bond donors (Lipinski definition) is 1. The van der Waals surface area contributed by atoms with E-state index in [1.54, 1.807) is 13.3 Å². The largest absolute Gasteiger partial charge is 0.497 e. The maximum Gasteiger partial charge on any atom is 0.119 e. The monoisotopic (exact) mass is 250 g/mol. The van der Waals surface area contributed by atoms with E-state index in [9.17, 15) is 0 Å². The van der Waals surface area contributed by atoms with E-state index in [2.05, 4.69) is 16.4 Å². The number of rotatable bonds is 3. The third-order valence-electron chi connectivity index (χ3n) is 3.01. The van der Waals surface area contributed by atoms with Gasteiger partial charge in [-0.25, -0.2) is 0 Å². The zero-order valence-electron chi connectivity index (χ0n) is 10.6. The van der Waals surface area contributed by atoms with E-state index in [0.29, 0.717) is 0 Å². The average Bonchev–Trinajstić information content (AvgIpc) is 2.48. The molecule has 0 atom stereocenters. The molecule has 0 bridgehead atoms. The molecule has 0 aliphatic heterocycles. The molecule has 0 saturated carbocycles. The third-order valence-corrected chi connectivity index (χ3v) is 3.01. The van der Waals surface area contributed by atoms with Crippen LogP contribution in [0, 0.1) is 0 Å². The number of benzene rings is 2. The Kier molecular flexibility index (Phi) is 3.02. The van der Waals surface area contributed by atoms with Crippen LogP contribution in [-0.2, 0) is 0 Å². The van der Waals surface area contributed by atoms with Gasteiger partial charge in [0, 0.05) is 23.0 Å². The lowest BCUT2D eigenvalue weighted by molar-refractivity contribution is 0.415. The molecule has 0 unspecified atom stereocenters. The predicted octanol–water partition coefficient (Wildman–Crippen LogP) is 3.99. The topological polar surface area (TPSA) is 34.1 Å². The number of anilines is 2. The number of nitrogens with zero attached hydrogens (tertiary/aromatic N) is 1.